The van der Waals surface area contributed by atoms with Gasteiger partial charge in [0.2, 0.25) is 0 Å². The predicted octanol–water partition coefficient (Wildman–Crippen LogP) is -0.727. The third-order valence-electron chi connectivity index (χ3n) is 4.33. The number of aliphatic hydroxyl groups is 2. The van der Waals surface area contributed by atoms with Crippen LogP contribution in [0.2, 0.25) is 0 Å². The van der Waals surface area contributed by atoms with Gasteiger partial charge in [0.1, 0.15) is 5.69 Å². The number of benzene rings is 2. The van der Waals surface area contributed by atoms with Crippen LogP contribution in [0.3, 0.4) is 0 Å². The number of hydrogen-bond acceptors (Lipinski definition) is 8. The van der Waals surface area contributed by atoms with Crippen LogP contribution in [0.5, 0.6) is 0 Å². The maximum atomic E-state index is 11.9. The second kappa shape index (κ2) is 14.3. The van der Waals surface area contributed by atoms with Crippen molar-refractivity contribution in [1.82, 2.24) is 9.97 Å². The number of carbonyl (C=O) groups is 2. The summed E-state index contributed by atoms with van der Waals surface area (Å²) in [7, 11) is 0. The predicted molar refractivity (Wildman–Crippen MR) is 125 cm³/mol. The van der Waals surface area contributed by atoms with Crippen molar-refractivity contribution < 1.29 is 30.0 Å². The summed E-state index contributed by atoms with van der Waals surface area (Å²) in [5.41, 5.74) is 8.59. The van der Waals surface area contributed by atoms with E-state index in [4.69, 9.17) is 31.9 Å². The maximum absolute atomic E-state index is 11.9. The van der Waals surface area contributed by atoms with E-state index < -0.39 is 28.9 Å². The van der Waals surface area contributed by atoms with Crippen molar-refractivity contribution in [1.29, 1.82) is 0 Å². The van der Waals surface area contributed by atoms with Gasteiger partial charge in [-0.05, 0) is 41.3 Å². The molecule has 12 nitrogen and oxygen atoms in total. The van der Waals surface area contributed by atoms with Gasteiger partial charge in [0.15, 0.2) is 0 Å². The van der Waals surface area contributed by atoms with Crippen molar-refractivity contribution >= 4 is 22.7 Å². The Morgan fingerprint density at radius 3 is 1.88 bits per heavy atom. The number of carboxylic acid groups (broad SMARTS) is 2. The molecular formula is C22H28N4O8. The molecule has 3 rings (SSSR count). The van der Waals surface area contributed by atoms with E-state index in [0.29, 0.717) is 19.5 Å². The lowest BCUT2D eigenvalue weighted by Gasteiger charge is -2.07. The fraction of sp³-hybridized carbons (Fsp3) is 0.273. The van der Waals surface area contributed by atoms with Crippen molar-refractivity contribution in [2.45, 2.75) is 12.8 Å². The van der Waals surface area contributed by atoms with Gasteiger partial charge in [-0.3, -0.25) is 9.78 Å². The van der Waals surface area contributed by atoms with Gasteiger partial charge in [-0.1, -0.05) is 24.3 Å². The van der Waals surface area contributed by atoms with E-state index in [2.05, 4.69) is 4.98 Å². The van der Waals surface area contributed by atoms with Crippen molar-refractivity contribution in [3.8, 4) is 0 Å². The number of rotatable bonds is 7. The molecule has 184 valence electrons. The van der Waals surface area contributed by atoms with Gasteiger partial charge >= 0.3 is 17.6 Å². The molecule has 0 fully saturated rings. The molecule has 0 amide bonds. The Balaban J connectivity index is 0.000000629. The number of aryl methyl sites for hydroxylation is 1. The van der Waals surface area contributed by atoms with Crippen molar-refractivity contribution in [3.63, 3.8) is 0 Å². The number of aromatic amines is 2. The van der Waals surface area contributed by atoms with Crippen molar-refractivity contribution in [2.24, 2.45) is 11.5 Å². The lowest BCUT2D eigenvalue weighted by atomic mass is 10.00. The lowest BCUT2D eigenvalue weighted by molar-refractivity contribution is 0.0681. The summed E-state index contributed by atoms with van der Waals surface area (Å²) in [6, 6.07) is 10.2. The zero-order valence-corrected chi connectivity index (χ0v) is 18.3. The summed E-state index contributed by atoms with van der Waals surface area (Å²) in [6.45, 7) is 0.944. The lowest BCUT2D eigenvalue weighted by Crippen LogP contribution is -2.30. The highest BCUT2D eigenvalue weighted by Crippen LogP contribution is 2.19. The Labute approximate surface area is 193 Å². The average molecular weight is 476 g/mol. The molecule has 10 N–H and O–H groups in total. The fourth-order valence-electron chi connectivity index (χ4n) is 2.79. The van der Waals surface area contributed by atoms with E-state index in [1.165, 1.54) is 6.07 Å². The minimum absolute atomic E-state index is 0.00146. The molecule has 0 aliphatic carbocycles. The molecule has 0 aliphatic rings. The Kier molecular flexibility index (Phi) is 11.9. The first-order valence-corrected chi connectivity index (χ1v) is 10.1. The summed E-state index contributed by atoms with van der Waals surface area (Å²) in [5.74, 6) is -2.38. The summed E-state index contributed by atoms with van der Waals surface area (Å²) in [6.07, 6.45) is 0.512. The largest absolute Gasteiger partial charge is 0.478 e. The SMILES string of the molecule is NCCO.NCCO.O=C(O)c1ccc2cc(CCc3c(C(=O)O)[nH]c(=O)[nH]c3=O)ccc2c1. The number of H-pyrrole nitrogens is 2. The first kappa shape index (κ1) is 28.2. The summed E-state index contributed by atoms with van der Waals surface area (Å²) < 4.78 is 0. The molecule has 0 atom stereocenters. The Hall–Kier alpha value is -3.84. The number of nitrogens with two attached hydrogens (primary N) is 2. The third-order valence-corrected chi connectivity index (χ3v) is 4.33. The maximum Gasteiger partial charge on any atom is 0.352 e. The molecule has 0 aliphatic heterocycles. The van der Waals surface area contributed by atoms with Gasteiger partial charge in [0.25, 0.3) is 5.56 Å². The van der Waals surface area contributed by atoms with E-state index in [1.54, 1.807) is 24.3 Å². The number of hydrogen-bond donors (Lipinski definition) is 8. The van der Waals surface area contributed by atoms with Crippen LogP contribution in [0.1, 0.15) is 32.0 Å². The van der Waals surface area contributed by atoms with Crippen molar-refractivity contribution in [3.05, 3.63) is 79.6 Å². The van der Waals surface area contributed by atoms with Gasteiger partial charge in [-0.25, -0.2) is 14.4 Å². The van der Waals surface area contributed by atoms with Gasteiger partial charge in [0, 0.05) is 18.7 Å². The molecule has 0 unspecified atom stereocenters. The second-order valence-corrected chi connectivity index (χ2v) is 6.79. The quantitative estimate of drug-likeness (QED) is 0.213. The smallest absolute Gasteiger partial charge is 0.352 e. The topological polar surface area (TPSA) is 233 Å². The number of aromatic carboxylic acids is 2. The molecule has 1 heterocycles. The van der Waals surface area contributed by atoms with E-state index in [1.807, 2.05) is 11.1 Å². The highest BCUT2D eigenvalue weighted by atomic mass is 16.4. The number of nitrogens with one attached hydrogen (secondary N) is 2. The monoisotopic (exact) mass is 476 g/mol. The Bertz CT molecular complexity index is 1210. The molecule has 2 aromatic carbocycles. The van der Waals surface area contributed by atoms with Gasteiger partial charge < -0.3 is 36.9 Å². The standard InChI is InChI=1S/C18H14N2O6.2C2H7NO/c21-15-13(14(17(24)25)19-18(26)20-15)6-2-9-1-3-11-8-12(16(22)23)5-4-10(11)7-9;2*3-1-2-4/h1,3-5,7-8H,2,6H2,(H,22,23)(H,24,25)(H2,19,20,21,26);2*4H,1-3H2. The highest BCUT2D eigenvalue weighted by molar-refractivity contribution is 5.94. The highest BCUT2D eigenvalue weighted by Gasteiger charge is 2.15. The Morgan fingerprint density at radius 1 is 0.794 bits per heavy atom. The minimum atomic E-state index is -1.37. The van der Waals surface area contributed by atoms with Crippen LogP contribution in [0.25, 0.3) is 10.8 Å². The summed E-state index contributed by atoms with van der Waals surface area (Å²) in [4.78, 5) is 49.6. The zero-order chi connectivity index (χ0) is 25.7. The van der Waals surface area contributed by atoms with E-state index in [9.17, 15) is 19.2 Å². The molecule has 0 saturated heterocycles. The molecule has 34 heavy (non-hydrogen) atoms. The number of carboxylic acids is 2. The van der Waals surface area contributed by atoms with Gasteiger partial charge in [-0.15, -0.1) is 0 Å². The molecule has 1 aromatic heterocycles. The van der Waals surface area contributed by atoms with Crippen LogP contribution < -0.4 is 22.7 Å². The van der Waals surface area contributed by atoms with Gasteiger partial charge in [0.05, 0.1) is 18.8 Å². The molecule has 0 saturated carbocycles. The third kappa shape index (κ3) is 8.60. The summed E-state index contributed by atoms with van der Waals surface area (Å²) >= 11 is 0. The van der Waals surface area contributed by atoms with Gasteiger partial charge in [-0.2, -0.15) is 0 Å². The molecule has 0 radical (unpaired) electrons. The normalized spacial score (nSPS) is 10.0. The number of aromatic nitrogens is 2. The van der Waals surface area contributed by atoms with Crippen LogP contribution in [-0.2, 0) is 12.8 Å². The van der Waals surface area contributed by atoms with Crippen LogP contribution in [0, 0.1) is 0 Å². The summed E-state index contributed by atoms with van der Waals surface area (Å²) in [5, 5.41) is 35.3. The first-order chi connectivity index (χ1) is 16.2. The average Bonchev–Trinajstić information content (AvgIpc) is 2.82. The number of aliphatic hydroxyl groups excluding tert-OH is 2. The van der Waals surface area contributed by atoms with E-state index in [-0.39, 0.29) is 30.8 Å². The molecule has 0 bridgehead atoms. The van der Waals surface area contributed by atoms with E-state index >= 15 is 0 Å². The molecule has 12 heteroatoms. The minimum Gasteiger partial charge on any atom is -0.478 e. The van der Waals surface area contributed by atoms with Crippen LogP contribution in [0.4, 0.5) is 0 Å². The van der Waals surface area contributed by atoms with E-state index in [0.717, 1.165) is 16.3 Å². The Morgan fingerprint density at radius 2 is 1.35 bits per heavy atom. The zero-order valence-electron chi connectivity index (χ0n) is 18.3. The van der Waals surface area contributed by atoms with Crippen LogP contribution in [-0.4, -0.2) is 68.6 Å². The fourth-order valence-corrected chi connectivity index (χ4v) is 2.79. The molecule has 0 spiro atoms. The molecular weight excluding hydrogens is 448 g/mol. The van der Waals surface area contributed by atoms with Crippen molar-refractivity contribution in [2.75, 3.05) is 26.3 Å². The second-order valence-electron chi connectivity index (χ2n) is 6.79. The van der Waals surface area contributed by atoms with Crippen LogP contribution in [0.15, 0.2) is 46.0 Å². The molecule has 3 aromatic rings. The first-order valence-electron chi connectivity index (χ1n) is 10.1. The van der Waals surface area contributed by atoms with Crippen LogP contribution >= 0.6 is 0 Å². The number of fused-ring (bicyclic) bond motifs is 1.